The third kappa shape index (κ3) is 3.20. The lowest BCUT2D eigenvalue weighted by Gasteiger charge is -2.16. The van der Waals surface area contributed by atoms with Gasteiger partial charge in [-0.1, -0.05) is 0 Å². The number of carbonyl (C=O) groups is 2. The van der Waals surface area contributed by atoms with Crippen LogP contribution in [0.5, 0.6) is 0 Å². The second kappa shape index (κ2) is 6.27. The van der Waals surface area contributed by atoms with E-state index < -0.39 is 0 Å². The molecule has 0 spiro atoms. The first-order valence-electron chi connectivity index (χ1n) is 6.75. The van der Waals surface area contributed by atoms with Crippen LogP contribution in [0.1, 0.15) is 23.2 Å². The van der Waals surface area contributed by atoms with Crippen molar-refractivity contribution in [2.24, 2.45) is 0 Å². The maximum Gasteiger partial charge on any atom is 0.251 e. The number of rotatable bonds is 4. The van der Waals surface area contributed by atoms with Gasteiger partial charge < -0.3 is 21.3 Å². The van der Waals surface area contributed by atoms with Crippen LogP contribution in [0.3, 0.4) is 0 Å². The van der Waals surface area contributed by atoms with Crippen LogP contribution in [0.25, 0.3) is 0 Å². The summed E-state index contributed by atoms with van der Waals surface area (Å²) in [6.07, 6.45) is 2.16. The van der Waals surface area contributed by atoms with E-state index in [9.17, 15) is 9.59 Å². The van der Waals surface area contributed by atoms with Gasteiger partial charge in [-0.05, 0) is 31.0 Å². The van der Waals surface area contributed by atoms with Gasteiger partial charge in [0, 0.05) is 25.7 Å². The molecule has 1 saturated heterocycles. The molecule has 4 N–H and O–H groups in total. The van der Waals surface area contributed by atoms with Crippen LogP contribution in [0.4, 0.5) is 11.4 Å². The second-order valence-electron chi connectivity index (χ2n) is 4.82. The molecule has 1 aliphatic rings. The number of nitrogens with one attached hydrogen (secondary N) is 2. The molecule has 20 heavy (non-hydrogen) atoms. The summed E-state index contributed by atoms with van der Waals surface area (Å²) in [5.74, 6) is -0.103. The summed E-state index contributed by atoms with van der Waals surface area (Å²) in [5.41, 5.74) is 7.52. The zero-order valence-electron chi connectivity index (χ0n) is 11.6. The van der Waals surface area contributed by atoms with Gasteiger partial charge in [-0.15, -0.1) is 0 Å². The molecule has 2 rings (SSSR count). The quantitative estimate of drug-likeness (QED) is 0.705. The minimum Gasteiger partial charge on any atom is -0.397 e. The first-order chi connectivity index (χ1) is 9.61. The highest BCUT2D eigenvalue weighted by Crippen LogP contribution is 2.20. The molecule has 1 fully saturated rings. The molecule has 2 amide bonds. The maximum atomic E-state index is 11.9. The summed E-state index contributed by atoms with van der Waals surface area (Å²) in [5, 5.41) is 5.57. The third-order valence-electron chi connectivity index (χ3n) is 3.43. The van der Waals surface area contributed by atoms with E-state index in [2.05, 4.69) is 10.6 Å². The average molecular weight is 276 g/mol. The van der Waals surface area contributed by atoms with Crippen LogP contribution in [-0.2, 0) is 4.79 Å². The van der Waals surface area contributed by atoms with E-state index in [1.165, 1.54) is 0 Å². The van der Waals surface area contributed by atoms with E-state index in [1.807, 2.05) is 4.90 Å². The summed E-state index contributed by atoms with van der Waals surface area (Å²) in [6, 6.07) is 5.00. The number of benzene rings is 1. The molecule has 0 atom stereocenters. The highest BCUT2D eigenvalue weighted by molar-refractivity contribution is 5.96. The molecule has 0 unspecified atom stereocenters. The standard InChI is InChI=1S/C14H20N4O2/c1-16-14(20)10-4-5-12(11(15)8-10)17-9-13(19)18-6-2-3-7-18/h4-5,8,17H,2-3,6-7,9,15H2,1H3,(H,16,20). The molecular weight excluding hydrogens is 256 g/mol. The fraction of sp³-hybridized carbons (Fsp3) is 0.429. The monoisotopic (exact) mass is 276 g/mol. The minimum absolute atomic E-state index is 0.0808. The summed E-state index contributed by atoms with van der Waals surface area (Å²) in [7, 11) is 1.57. The molecule has 108 valence electrons. The summed E-state index contributed by atoms with van der Waals surface area (Å²) in [6.45, 7) is 1.90. The Morgan fingerprint density at radius 3 is 2.60 bits per heavy atom. The first kappa shape index (κ1) is 14.2. The summed E-state index contributed by atoms with van der Waals surface area (Å²) in [4.78, 5) is 25.2. The van der Waals surface area contributed by atoms with Gasteiger partial charge in [0.1, 0.15) is 0 Å². The molecule has 6 heteroatoms. The molecule has 0 bridgehead atoms. The maximum absolute atomic E-state index is 11.9. The number of likely N-dealkylation sites (tertiary alicyclic amines) is 1. The van der Waals surface area contributed by atoms with Crippen molar-refractivity contribution in [3.63, 3.8) is 0 Å². The highest BCUT2D eigenvalue weighted by Gasteiger charge is 2.17. The first-order valence-corrected chi connectivity index (χ1v) is 6.75. The lowest BCUT2D eigenvalue weighted by molar-refractivity contribution is -0.128. The number of hydrogen-bond acceptors (Lipinski definition) is 4. The number of hydrogen-bond donors (Lipinski definition) is 3. The van der Waals surface area contributed by atoms with E-state index in [4.69, 9.17) is 5.73 Å². The van der Waals surface area contributed by atoms with Gasteiger partial charge in [-0.2, -0.15) is 0 Å². The van der Waals surface area contributed by atoms with Crippen LogP contribution < -0.4 is 16.4 Å². The molecule has 1 aromatic rings. The smallest absolute Gasteiger partial charge is 0.251 e. The molecule has 1 aromatic carbocycles. The molecule has 1 heterocycles. The average Bonchev–Trinajstić information content (AvgIpc) is 2.99. The number of anilines is 2. The molecule has 1 aliphatic heterocycles. The largest absolute Gasteiger partial charge is 0.397 e. The fourth-order valence-electron chi connectivity index (χ4n) is 2.26. The van der Waals surface area contributed by atoms with Crippen LogP contribution in [0.15, 0.2) is 18.2 Å². The van der Waals surface area contributed by atoms with E-state index in [-0.39, 0.29) is 18.4 Å². The Morgan fingerprint density at radius 1 is 1.30 bits per heavy atom. The Hall–Kier alpha value is -2.24. The van der Waals surface area contributed by atoms with E-state index in [0.29, 0.717) is 16.9 Å². The summed E-state index contributed by atoms with van der Waals surface area (Å²) < 4.78 is 0. The minimum atomic E-state index is -0.184. The van der Waals surface area contributed by atoms with Crippen LogP contribution in [0, 0.1) is 0 Å². The van der Waals surface area contributed by atoms with Crippen molar-refractivity contribution in [1.82, 2.24) is 10.2 Å². The number of nitrogen functional groups attached to an aromatic ring is 1. The Bertz CT molecular complexity index is 510. The lowest BCUT2D eigenvalue weighted by atomic mass is 10.1. The van der Waals surface area contributed by atoms with E-state index in [0.717, 1.165) is 25.9 Å². The highest BCUT2D eigenvalue weighted by atomic mass is 16.2. The number of nitrogens with two attached hydrogens (primary N) is 1. The van der Waals surface area contributed by atoms with E-state index >= 15 is 0 Å². The second-order valence-corrected chi connectivity index (χ2v) is 4.82. The fourth-order valence-corrected chi connectivity index (χ4v) is 2.26. The number of nitrogens with zero attached hydrogens (tertiary/aromatic N) is 1. The van der Waals surface area contributed by atoms with Gasteiger partial charge >= 0.3 is 0 Å². The van der Waals surface area contributed by atoms with Gasteiger partial charge in [-0.25, -0.2) is 0 Å². The predicted molar refractivity (Wildman–Crippen MR) is 78.5 cm³/mol. The zero-order valence-corrected chi connectivity index (χ0v) is 11.6. The van der Waals surface area contributed by atoms with Crippen LogP contribution in [0.2, 0.25) is 0 Å². The molecule has 0 aliphatic carbocycles. The topological polar surface area (TPSA) is 87.5 Å². The van der Waals surface area contributed by atoms with Crippen LogP contribution >= 0.6 is 0 Å². The van der Waals surface area contributed by atoms with Crippen molar-refractivity contribution in [2.75, 3.05) is 37.7 Å². The normalized spacial score (nSPS) is 14.2. The Labute approximate surface area is 118 Å². The van der Waals surface area contributed by atoms with Gasteiger partial charge in [0.15, 0.2) is 0 Å². The molecule has 0 aromatic heterocycles. The Balaban J connectivity index is 1.96. The van der Waals surface area contributed by atoms with Crippen molar-refractivity contribution >= 4 is 23.2 Å². The number of carbonyl (C=O) groups excluding carboxylic acids is 2. The van der Waals surface area contributed by atoms with Gasteiger partial charge in [0.05, 0.1) is 17.9 Å². The van der Waals surface area contributed by atoms with Gasteiger partial charge in [0.25, 0.3) is 5.91 Å². The van der Waals surface area contributed by atoms with E-state index in [1.54, 1.807) is 25.2 Å². The Morgan fingerprint density at radius 2 is 2.00 bits per heavy atom. The molecule has 0 radical (unpaired) electrons. The van der Waals surface area contributed by atoms with Crippen molar-refractivity contribution in [3.05, 3.63) is 23.8 Å². The molecular formula is C14H20N4O2. The summed E-state index contributed by atoms with van der Waals surface area (Å²) >= 11 is 0. The molecule has 6 nitrogen and oxygen atoms in total. The molecule has 0 saturated carbocycles. The number of amides is 2. The van der Waals surface area contributed by atoms with Crippen molar-refractivity contribution < 1.29 is 9.59 Å². The predicted octanol–water partition coefficient (Wildman–Crippen LogP) is 0.663. The SMILES string of the molecule is CNC(=O)c1ccc(NCC(=O)N2CCCC2)c(N)c1. The zero-order chi connectivity index (χ0) is 14.5. The van der Waals surface area contributed by atoms with Crippen LogP contribution in [-0.4, -0.2) is 43.4 Å². The van der Waals surface area contributed by atoms with Crippen molar-refractivity contribution in [2.45, 2.75) is 12.8 Å². The Kier molecular flexibility index (Phi) is 4.45. The van der Waals surface area contributed by atoms with Gasteiger partial charge in [-0.3, -0.25) is 9.59 Å². The third-order valence-corrected chi connectivity index (χ3v) is 3.43. The lowest BCUT2D eigenvalue weighted by Crippen LogP contribution is -2.33. The van der Waals surface area contributed by atoms with Crippen molar-refractivity contribution in [3.8, 4) is 0 Å². The van der Waals surface area contributed by atoms with Crippen molar-refractivity contribution in [1.29, 1.82) is 0 Å². The van der Waals surface area contributed by atoms with Gasteiger partial charge in [0.2, 0.25) is 5.91 Å².